The predicted molar refractivity (Wildman–Crippen MR) is 47.1 cm³/mol. The molecule has 0 aromatic heterocycles. The van der Waals surface area contributed by atoms with Crippen LogP contribution in [0.3, 0.4) is 0 Å². The predicted octanol–water partition coefficient (Wildman–Crippen LogP) is 1.34. The van der Waals surface area contributed by atoms with Crippen LogP contribution in [0.2, 0.25) is 0 Å². The Bertz CT molecular complexity index is 175. The van der Waals surface area contributed by atoms with E-state index in [9.17, 15) is 4.79 Å². The van der Waals surface area contributed by atoms with Gasteiger partial charge >= 0.3 is 5.97 Å². The van der Waals surface area contributed by atoms with Gasteiger partial charge in [0.25, 0.3) is 0 Å². The maximum atomic E-state index is 11.0. The van der Waals surface area contributed by atoms with Gasteiger partial charge in [0.05, 0.1) is 0 Å². The molecule has 0 radical (unpaired) electrons. The van der Waals surface area contributed by atoms with E-state index in [1.54, 1.807) is 0 Å². The van der Waals surface area contributed by atoms with Crippen molar-refractivity contribution in [2.75, 3.05) is 13.1 Å². The first-order valence-electron chi connectivity index (χ1n) is 4.59. The van der Waals surface area contributed by atoms with Crippen LogP contribution in [0.4, 0.5) is 0 Å². The molecule has 1 rings (SSSR count). The molecule has 0 bridgehead atoms. The molecule has 1 atom stereocenters. The molecule has 12 heavy (non-hydrogen) atoms. The van der Waals surface area contributed by atoms with Crippen molar-refractivity contribution >= 4 is 5.97 Å². The molecule has 1 saturated heterocycles. The maximum Gasteiger partial charge on any atom is 0.323 e. The number of hydrogen-bond acceptors (Lipinski definition) is 2. The quantitative estimate of drug-likeness (QED) is 0.696. The summed E-state index contributed by atoms with van der Waals surface area (Å²) in [5, 5.41) is 9.05. The van der Waals surface area contributed by atoms with Crippen LogP contribution in [0, 0.1) is 0 Å². The molecule has 1 aliphatic heterocycles. The topological polar surface area (TPSA) is 40.5 Å². The third-order valence-electron chi connectivity index (χ3n) is 2.95. The van der Waals surface area contributed by atoms with E-state index >= 15 is 0 Å². The van der Waals surface area contributed by atoms with Crippen LogP contribution < -0.4 is 0 Å². The second kappa shape index (κ2) is 3.44. The summed E-state index contributed by atoms with van der Waals surface area (Å²) in [5.41, 5.74) is -0.628. The zero-order valence-electron chi connectivity index (χ0n) is 7.84. The van der Waals surface area contributed by atoms with Gasteiger partial charge in [-0.1, -0.05) is 6.92 Å². The van der Waals surface area contributed by atoms with Crippen molar-refractivity contribution in [1.29, 1.82) is 0 Å². The minimum atomic E-state index is -0.688. The van der Waals surface area contributed by atoms with Crippen molar-refractivity contribution in [2.45, 2.75) is 38.6 Å². The Morgan fingerprint density at radius 1 is 1.50 bits per heavy atom. The highest BCUT2D eigenvalue weighted by molar-refractivity contribution is 5.78. The monoisotopic (exact) mass is 171 g/mol. The molecule has 0 saturated carbocycles. The normalized spacial score (nSPS) is 23.8. The lowest BCUT2D eigenvalue weighted by molar-refractivity contribution is -0.150. The van der Waals surface area contributed by atoms with Crippen LogP contribution in [0.25, 0.3) is 0 Å². The smallest absolute Gasteiger partial charge is 0.323 e. The van der Waals surface area contributed by atoms with Gasteiger partial charge in [0.2, 0.25) is 0 Å². The van der Waals surface area contributed by atoms with Crippen molar-refractivity contribution in [1.82, 2.24) is 4.90 Å². The Balaban J connectivity index is 2.70. The zero-order valence-corrected chi connectivity index (χ0v) is 7.84. The van der Waals surface area contributed by atoms with Gasteiger partial charge in [-0.3, -0.25) is 9.69 Å². The summed E-state index contributed by atoms with van der Waals surface area (Å²) in [6, 6.07) is 0. The van der Waals surface area contributed by atoms with E-state index < -0.39 is 11.5 Å². The van der Waals surface area contributed by atoms with Gasteiger partial charge in [0.15, 0.2) is 0 Å². The van der Waals surface area contributed by atoms with Crippen LogP contribution >= 0.6 is 0 Å². The number of carbonyl (C=O) groups is 1. The van der Waals surface area contributed by atoms with E-state index in [1.807, 2.05) is 13.8 Å². The highest BCUT2D eigenvalue weighted by Gasteiger charge is 2.38. The summed E-state index contributed by atoms with van der Waals surface area (Å²) in [6.45, 7) is 5.64. The van der Waals surface area contributed by atoms with Crippen molar-refractivity contribution in [3.63, 3.8) is 0 Å². The molecule has 0 aliphatic carbocycles. The van der Waals surface area contributed by atoms with Crippen LogP contribution in [-0.4, -0.2) is 34.6 Å². The average molecular weight is 171 g/mol. The number of nitrogens with zero attached hydrogens (tertiary/aromatic N) is 1. The fraction of sp³-hybridized carbons (Fsp3) is 0.889. The number of carboxylic acid groups (broad SMARTS) is 1. The van der Waals surface area contributed by atoms with Crippen LogP contribution in [0.15, 0.2) is 0 Å². The molecule has 3 nitrogen and oxygen atoms in total. The third-order valence-corrected chi connectivity index (χ3v) is 2.95. The first kappa shape index (κ1) is 9.52. The summed E-state index contributed by atoms with van der Waals surface area (Å²) in [5.74, 6) is -0.688. The van der Waals surface area contributed by atoms with Gasteiger partial charge < -0.3 is 5.11 Å². The first-order valence-corrected chi connectivity index (χ1v) is 4.59. The molecular formula is C9H17NO2. The molecule has 0 aromatic rings. The largest absolute Gasteiger partial charge is 0.480 e. The SMILES string of the molecule is CC[C@](C)(C(=O)O)N1CCCC1. The maximum absolute atomic E-state index is 11.0. The molecule has 3 heteroatoms. The van der Waals surface area contributed by atoms with E-state index in [-0.39, 0.29) is 0 Å². The molecule has 0 unspecified atom stereocenters. The van der Waals surface area contributed by atoms with Crippen LogP contribution in [0.5, 0.6) is 0 Å². The number of hydrogen-bond donors (Lipinski definition) is 1. The minimum Gasteiger partial charge on any atom is -0.480 e. The summed E-state index contributed by atoms with van der Waals surface area (Å²) >= 11 is 0. The number of carboxylic acids is 1. The summed E-state index contributed by atoms with van der Waals surface area (Å²) in [6.07, 6.45) is 2.97. The minimum absolute atomic E-state index is 0.628. The van der Waals surface area contributed by atoms with Gasteiger partial charge in [0, 0.05) is 0 Å². The molecule has 1 N–H and O–H groups in total. The molecule has 0 spiro atoms. The van der Waals surface area contributed by atoms with Crippen molar-refractivity contribution < 1.29 is 9.90 Å². The Morgan fingerprint density at radius 3 is 2.33 bits per heavy atom. The van der Waals surface area contributed by atoms with Gasteiger partial charge in [-0.05, 0) is 39.3 Å². The van der Waals surface area contributed by atoms with Gasteiger partial charge in [-0.15, -0.1) is 0 Å². The van der Waals surface area contributed by atoms with Crippen LogP contribution in [0.1, 0.15) is 33.1 Å². The van der Waals surface area contributed by atoms with E-state index in [0.29, 0.717) is 6.42 Å². The van der Waals surface area contributed by atoms with Crippen molar-refractivity contribution in [3.05, 3.63) is 0 Å². The molecule has 0 aromatic carbocycles. The summed E-state index contributed by atoms with van der Waals surface area (Å²) in [7, 11) is 0. The second-order valence-electron chi connectivity index (χ2n) is 3.63. The van der Waals surface area contributed by atoms with Gasteiger partial charge in [0.1, 0.15) is 5.54 Å². The molecule has 70 valence electrons. The highest BCUT2D eigenvalue weighted by atomic mass is 16.4. The standard InChI is InChI=1S/C9H17NO2/c1-3-9(2,8(11)12)10-6-4-5-7-10/h3-7H2,1-2H3,(H,11,12)/t9-/m1/s1. The first-order chi connectivity index (χ1) is 5.61. The van der Waals surface area contributed by atoms with E-state index in [0.717, 1.165) is 25.9 Å². The molecule has 1 aliphatic rings. The van der Waals surface area contributed by atoms with Gasteiger partial charge in [-0.25, -0.2) is 0 Å². The Kier molecular flexibility index (Phi) is 2.73. The van der Waals surface area contributed by atoms with Gasteiger partial charge in [-0.2, -0.15) is 0 Å². The lowest BCUT2D eigenvalue weighted by Gasteiger charge is -2.33. The average Bonchev–Trinajstić information content (AvgIpc) is 2.54. The Morgan fingerprint density at radius 2 is 2.00 bits per heavy atom. The number of rotatable bonds is 3. The molecule has 1 fully saturated rings. The van der Waals surface area contributed by atoms with Crippen molar-refractivity contribution in [3.8, 4) is 0 Å². The lowest BCUT2D eigenvalue weighted by Crippen LogP contribution is -2.50. The summed E-state index contributed by atoms with van der Waals surface area (Å²) < 4.78 is 0. The zero-order chi connectivity index (χ0) is 9.19. The van der Waals surface area contributed by atoms with Crippen LogP contribution in [-0.2, 0) is 4.79 Å². The fourth-order valence-electron chi connectivity index (χ4n) is 1.72. The fourth-order valence-corrected chi connectivity index (χ4v) is 1.72. The number of aliphatic carboxylic acids is 1. The van der Waals surface area contributed by atoms with E-state index in [2.05, 4.69) is 4.90 Å². The Hall–Kier alpha value is -0.570. The number of likely N-dealkylation sites (tertiary alicyclic amines) is 1. The summed E-state index contributed by atoms with van der Waals surface area (Å²) in [4.78, 5) is 13.1. The third kappa shape index (κ3) is 1.46. The van der Waals surface area contributed by atoms with E-state index in [1.165, 1.54) is 0 Å². The van der Waals surface area contributed by atoms with Crippen molar-refractivity contribution in [2.24, 2.45) is 0 Å². The Labute approximate surface area is 73.4 Å². The molecule has 1 heterocycles. The lowest BCUT2D eigenvalue weighted by atomic mass is 9.97. The highest BCUT2D eigenvalue weighted by Crippen LogP contribution is 2.24. The molecular weight excluding hydrogens is 154 g/mol. The molecule has 0 amide bonds. The second-order valence-corrected chi connectivity index (χ2v) is 3.63. The van der Waals surface area contributed by atoms with E-state index in [4.69, 9.17) is 5.11 Å².